The molecule has 0 aromatic heterocycles. The molecule has 3 rings (SSSR count). The summed E-state index contributed by atoms with van der Waals surface area (Å²) in [6, 6.07) is 12.4. The molecule has 1 aliphatic rings. The maximum Gasteiger partial charge on any atom is 0.271 e. The van der Waals surface area contributed by atoms with Crippen LogP contribution in [-0.2, 0) is 11.3 Å². The van der Waals surface area contributed by atoms with Crippen molar-refractivity contribution in [3.05, 3.63) is 62.6 Å². The van der Waals surface area contributed by atoms with Crippen LogP contribution in [0.5, 0.6) is 5.75 Å². The van der Waals surface area contributed by atoms with Gasteiger partial charge in [-0.1, -0.05) is 28.1 Å². The predicted octanol–water partition coefficient (Wildman–Crippen LogP) is 4.22. The van der Waals surface area contributed by atoms with E-state index >= 15 is 0 Å². The van der Waals surface area contributed by atoms with E-state index in [-0.39, 0.29) is 17.5 Å². The number of likely N-dealkylation sites (tertiary alicyclic amines) is 1. The summed E-state index contributed by atoms with van der Waals surface area (Å²) < 4.78 is 6.27. The first-order valence-electron chi connectivity index (χ1n) is 9.06. The van der Waals surface area contributed by atoms with Crippen LogP contribution in [0.1, 0.15) is 18.4 Å². The van der Waals surface area contributed by atoms with Gasteiger partial charge in [0, 0.05) is 29.1 Å². The zero-order valence-corrected chi connectivity index (χ0v) is 17.1. The number of amides is 1. The first-order chi connectivity index (χ1) is 13.5. The Kier molecular flexibility index (Phi) is 6.64. The molecule has 1 fully saturated rings. The molecule has 2 aromatic rings. The van der Waals surface area contributed by atoms with Gasteiger partial charge in [0.25, 0.3) is 5.69 Å². The average molecular weight is 448 g/mol. The number of ether oxygens (including phenoxy) is 1. The van der Waals surface area contributed by atoms with Gasteiger partial charge in [0.1, 0.15) is 5.75 Å². The third kappa shape index (κ3) is 5.08. The SMILES string of the molecule is COc1ccc([N+](=O)[O-])cc1NC(=O)C1CCN(Cc2ccc(Br)cc2)CC1. The number of non-ortho nitro benzene ring substituents is 1. The molecule has 0 unspecified atom stereocenters. The van der Waals surface area contributed by atoms with E-state index in [1.54, 1.807) is 0 Å². The second kappa shape index (κ2) is 9.16. The fraction of sp³-hybridized carbons (Fsp3) is 0.350. The van der Waals surface area contributed by atoms with Gasteiger partial charge in [0.2, 0.25) is 5.91 Å². The van der Waals surface area contributed by atoms with Gasteiger partial charge in [-0.05, 0) is 49.7 Å². The number of hydrogen-bond acceptors (Lipinski definition) is 5. The summed E-state index contributed by atoms with van der Waals surface area (Å²) >= 11 is 3.44. The zero-order chi connectivity index (χ0) is 20.1. The van der Waals surface area contributed by atoms with Gasteiger partial charge >= 0.3 is 0 Å². The minimum atomic E-state index is -0.490. The van der Waals surface area contributed by atoms with Crippen molar-refractivity contribution in [1.29, 1.82) is 0 Å². The van der Waals surface area contributed by atoms with Crippen molar-refractivity contribution in [3.8, 4) is 5.75 Å². The minimum absolute atomic E-state index is 0.0829. The standard InChI is InChI=1S/C20H22BrN3O4/c1-28-19-7-6-17(24(26)27)12-18(19)22-20(25)15-8-10-23(11-9-15)13-14-2-4-16(21)5-3-14/h2-7,12,15H,8-11,13H2,1H3,(H,22,25). The molecule has 2 aromatic carbocycles. The number of nitrogens with zero attached hydrogens (tertiary/aromatic N) is 2. The van der Waals surface area contributed by atoms with Crippen LogP contribution in [0, 0.1) is 16.0 Å². The summed E-state index contributed by atoms with van der Waals surface area (Å²) in [4.78, 5) is 25.5. The topological polar surface area (TPSA) is 84.7 Å². The second-order valence-corrected chi connectivity index (χ2v) is 7.72. The summed E-state index contributed by atoms with van der Waals surface area (Å²) in [5.74, 6) is 0.166. The maximum absolute atomic E-state index is 12.7. The quantitative estimate of drug-likeness (QED) is 0.529. The highest BCUT2D eigenvalue weighted by molar-refractivity contribution is 9.10. The van der Waals surface area contributed by atoms with E-state index < -0.39 is 4.92 Å². The minimum Gasteiger partial charge on any atom is -0.495 e. The Balaban J connectivity index is 1.57. The van der Waals surface area contributed by atoms with E-state index in [2.05, 4.69) is 38.3 Å². The maximum atomic E-state index is 12.7. The number of piperidine rings is 1. The number of carbonyl (C=O) groups is 1. The average Bonchev–Trinajstić information content (AvgIpc) is 2.70. The number of halogens is 1. The van der Waals surface area contributed by atoms with Crippen molar-refractivity contribution in [3.63, 3.8) is 0 Å². The molecule has 0 saturated carbocycles. The predicted molar refractivity (Wildman–Crippen MR) is 110 cm³/mol. The lowest BCUT2D eigenvalue weighted by atomic mass is 9.95. The molecule has 0 atom stereocenters. The van der Waals surface area contributed by atoms with Crippen molar-refractivity contribution in [2.45, 2.75) is 19.4 Å². The van der Waals surface area contributed by atoms with Crippen LogP contribution < -0.4 is 10.1 Å². The van der Waals surface area contributed by atoms with Crippen molar-refractivity contribution >= 4 is 33.2 Å². The molecule has 1 heterocycles. The molecule has 0 aliphatic carbocycles. The van der Waals surface area contributed by atoms with Crippen LogP contribution in [0.3, 0.4) is 0 Å². The highest BCUT2D eigenvalue weighted by atomic mass is 79.9. The molecular formula is C20H22BrN3O4. The lowest BCUT2D eigenvalue weighted by Crippen LogP contribution is -2.37. The summed E-state index contributed by atoms with van der Waals surface area (Å²) in [6.45, 7) is 2.53. The van der Waals surface area contributed by atoms with E-state index in [1.165, 1.54) is 30.9 Å². The van der Waals surface area contributed by atoms with Gasteiger partial charge in [0.15, 0.2) is 0 Å². The second-order valence-electron chi connectivity index (χ2n) is 6.81. The molecule has 1 N–H and O–H groups in total. The highest BCUT2D eigenvalue weighted by Gasteiger charge is 2.26. The lowest BCUT2D eigenvalue weighted by molar-refractivity contribution is -0.384. The van der Waals surface area contributed by atoms with Crippen LogP contribution in [0.2, 0.25) is 0 Å². The van der Waals surface area contributed by atoms with Crippen LogP contribution in [-0.4, -0.2) is 35.9 Å². The molecular weight excluding hydrogens is 426 g/mol. The molecule has 1 saturated heterocycles. The first-order valence-corrected chi connectivity index (χ1v) is 9.85. The van der Waals surface area contributed by atoms with Gasteiger partial charge in [-0.3, -0.25) is 19.8 Å². The molecule has 7 nitrogen and oxygen atoms in total. The summed E-state index contributed by atoms with van der Waals surface area (Å²) in [7, 11) is 1.47. The molecule has 1 aliphatic heterocycles. The number of rotatable bonds is 6. The third-order valence-corrected chi connectivity index (χ3v) is 5.46. The monoisotopic (exact) mass is 447 g/mol. The summed E-state index contributed by atoms with van der Waals surface area (Å²) in [5, 5.41) is 13.8. The van der Waals surface area contributed by atoms with E-state index in [0.717, 1.165) is 36.9 Å². The molecule has 0 spiro atoms. The van der Waals surface area contributed by atoms with Crippen LogP contribution in [0.15, 0.2) is 46.9 Å². The van der Waals surface area contributed by atoms with Gasteiger partial charge in [-0.2, -0.15) is 0 Å². The zero-order valence-electron chi connectivity index (χ0n) is 15.6. The molecule has 148 valence electrons. The molecule has 1 amide bonds. The highest BCUT2D eigenvalue weighted by Crippen LogP contribution is 2.30. The molecule has 0 bridgehead atoms. The normalized spacial score (nSPS) is 15.2. The summed E-state index contributed by atoms with van der Waals surface area (Å²) in [5.41, 5.74) is 1.49. The van der Waals surface area contributed by atoms with Crippen LogP contribution in [0.4, 0.5) is 11.4 Å². The van der Waals surface area contributed by atoms with E-state index in [0.29, 0.717) is 11.4 Å². The van der Waals surface area contributed by atoms with Gasteiger partial charge in [-0.15, -0.1) is 0 Å². The summed E-state index contributed by atoms with van der Waals surface area (Å²) in [6.07, 6.45) is 1.50. The number of nitrogens with one attached hydrogen (secondary N) is 1. The Morgan fingerprint density at radius 1 is 1.25 bits per heavy atom. The lowest BCUT2D eigenvalue weighted by Gasteiger charge is -2.31. The Morgan fingerprint density at radius 3 is 2.54 bits per heavy atom. The largest absolute Gasteiger partial charge is 0.495 e. The van der Waals surface area contributed by atoms with Crippen molar-refractivity contribution < 1.29 is 14.5 Å². The van der Waals surface area contributed by atoms with Gasteiger partial charge in [-0.25, -0.2) is 0 Å². The number of carbonyl (C=O) groups excluding carboxylic acids is 1. The number of nitro benzene ring substituents is 1. The molecule has 0 radical (unpaired) electrons. The Morgan fingerprint density at radius 2 is 1.93 bits per heavy atom. The third-order valence-electron chi connectivity index (χ3n) is 4.93. The molecule has 28 heavy (non-hydrogen) atoms. The number of methoxy groups -OCH3 is 1. The fourth-order valence-corrected chi connectivity index (χ4v) is 3.61. The number of nitro groups is 1. The fourth-order valence-electron chi connectivity index (χ4n) is 3.34. The Hall–Kier alpha value is -2.45. The molecule has 8 heteroatoms. The van der Waals surface area contributed by atoms with Crippen molar-refractivity contribution in [2.24, 2.45) is 5.92 Å². The first kappa shape index (κ1) is 20.3. The van der Waals surface area contributed by atoms with E-state index in [1.807, 2.05) is 12.1 Å². The number of hydrogen-bond donors (Lipinski definition) is 1. The van der Waals surface area contributed by atoms with E-state index in [4.69, 9.17) is 4.74 Å². The van der Waals surface area contributed by atoms with E-state index in [9.17, 15) is 14.9 Å². The number of anilines is 1. The van der Waals surface area contributed by atoms with Gasteiger partial charge < -0.3 is 10.1 Å². The Bertz CT molecular complexity index is 849. The van der Waals surface area contributed by atoms with Crippen LogP contribution >= 0.6 is 15.9 Å². The number of benzene rings is 2. The van der Waals surface area contributed by atoms with Gasteiger partial charge in [0.05, 0.1) is 17.7 Å². The van der Waals surface area contributed by atoms with Crippen LogP contribution in [0.25, 0.3) is 0 Å². The Labute approximate surface area is 172 Å². The van der Waals surface area contributed by atoms with Crippen molar-refractivity contribution in [2.75, 3.05) is 25.5 Å². The van der Waals surface area contributed by atoms with Crippen molar-refractivity contribution in [1.82, 2.24) is 4.90 Å². The smallest absolute Gasteiger partial charge is 0.271 e.